The van der Waals surface area contributed by atoms with Crippen molar-refractivity contribution >= 4 is 17.3 Å². The minimum absolute atomic E-state index is 0.0464. The molecule has 3 N–H and O–H groups in total. The highest BCUT2D eigenvalue weighted by atomic mass is 16.3. The second-order valence-corrected chi connectivity index (χ2v) is 9.58. The monoisotopic (exact) mass is 487 g/mol. The van der Waals surface area contributed by atoms with Crippen molar-refractivity contribution in [1.29, 1.82) is 0 Å². The number of nitrogens with zero attached hydrogens (tertiary/aromatic N) is 5. The molecule has 36 heavy (non-hydrogen) atoms. The lowest BCUT2D eigenvalue weighted by atomic mass is 10.0. The summed E-state index contributed by atoms with van der Waals surface area (Å²) in [4.78, 5) is 13.0. The maximum absolute atomic E-state index is 10.0. The molecule has 0 saturated carbocycles. The fourth-order valence-corrected chi connectivity index (χ4v) is 4.33. The van der Waals surface area contributed by atoms with Crippen LogP contribution in [0.2, 0.25) is 0 Å². The molecule has 0 aliphatic rings. The number of hydrogen-bond donors (Lipinski definition) is 3. The van der Waals surface area contributed by atoms with Gasteiger partial charge in [0.15, 0.2) is 5.65 Å². The molecule has 0 amide bonds. The van der Waals surface area contributed by atoms with Crippen LogP contribution >= 0.6 is 0 Å². The van der Waals surface area contributed by atoms with Crippen molar-refractivity contribution in [3.63, 3.8) is 0 Å². The Labute approximate surface area is 213 Å². The van der Waals surface area contributed by atoms with E-state index in [1.165, 1.54) is 11.1 Å². The van der Waals surface area contributed by atoms with E-state index >= 15 is 0 Å². The van der Waals surface area contributed by atoms with Gasteiger partial charge in [-0.1, -0.05) is 63.4 Å². The summed E-state index contributed by atoms with van der Waals surface area (Å²) in [5, 5.41) is 21.6. The summed E-state index contributed by atoms with van der Waals surface area (Å²) < 4.78 is 1.87. The third-order valence-corrected chi connectivity index (χ3v) is 6.39. The number of aliphatic hydroxyl groups is 1. The van der Waals surface area contributed by atoms with Gasteiger partial charge in [0.25, 0.3) is 0 Å². The van der Waals surface area contributed by atoms with Gasteiger partial charge in [0.2, 0.25) is 0 Å². The Morgan fingerprint density at radius 2 is 1.72 bits per heavy atom. The third-order valence-electron chi connectivity index (χ3n) is 6.39. The van der Waals surface area contributed by atoms with Crippen LogP contribution in [-0.4, -0.2) is 42.3 Å². The fourth-order valence-electron chi connectivity index (χ4n) is 4.33. The zero-order chi connectivity index (χ0) is 25.2. The van der Waals surface area contributed by atoms with Crippen molar-refractivity contribution in [2.45, 2.75) is 70.9 Å². The van der Waals surface area contributed by atoms with E-state index in [0.29, 0.717) is 12.5 Å². The quantitative estimate of drug-likeness (QED) is 0.210. The van der Waals surface area contributed by atoms with Gasteiger partial charge in [0, 0.05) is 30.6 Å². The molecule has 3 heterocycles. The first-order valence-electron chi connectivity index (χ1n) is 12.9. The Morgan fingerprint density at radius 1 is 0.944 bits per heavy atom. The zero-order valence-electron chi connectivity index (χ0n) is 21.3. The minimum atomic E-state index is -0.0464. The first-order valence-corrected chi connectivity index (χ1v) is 12.9. The molecule has 0 aliphatic carbocycles. The molecular weight excluding hydrogens is 450 g/mol. The van der Waals surface area contributed by atoms with Gasteiger partial charge >= 0.3 is 0 Å². The molecule has 0 radical (unpaired) electrons. The van der Waals surface area contributed by atoms with Crippen molar-refractivity contribution in [3.05, 3.63) is 78.0 Å². The van der Waals surface area contributed by atoms with Crippen LogP contribution in [0.3, 0.4) is 0 Å². The first-order chi connectivity index (χ1) is 17.6. The summed E-state index contributed by atoms with van der Waals surface area (Å²) in [6.45, 7) is 5.06. The van der Waals surface area contributed by atoms with Crippen LogP contribution in [0.1, 0.15) is 68.6 Å². The van der Waals surface area contributed by atoms with Gasteiger partial charge in [0.1, 0.15) is 18.0 Å². The van der Waals surface area contributed by atoms with Gasteiger partial charge in [-0.05, 0) is 36.3 Å². The molecule has 1 aromatic carbocycles. The van der Waals surface area contributed by atoms with Gasteiger partial charge < -0.3 is 15.7 Å². The molecule has 0 spiro atoms. The van der Waals surface area contributed by atoms with Crippen LogP contribution in [0.25, 0.3) is 5.65 Å². The van der Waals surface area contributed by atoms with E-state index in [1.807, 2.05) is 47.4 Å². The number of nitrogens with one attached hydrogen (secondary N) is 2. The SMILES string of the molecule is CC(C)c1cnn2c(NCc3ccccc3)cc(N[C@@H](CO)CCCCCCc3cncnc3)nc12. The smallest absolute Gasteiger partial charge is 0.163 e. The fraction of sp³-hybridized carbons (Fsp3) is 0.429. The molecule has 0 unspecified atom stereocenters. The highest BCUT2D eigenvalue weighted by Crippen LogP contribution is 2.25. The summed E-state index contributed by atoms with van der Waals surface area (Å²) >= 11 is 0. The molecule has 4 aromatic rings. The zero-order valence-corrected chi connectivity index (χ0v) is 21.3. The van der Waals surface area contributed by atoms with Crippen molar-refractivity contribution in [3.8, 4) is 0 Å². The largest absolute Gasteiger partial charge is 0.394 e. The maximum atomic E-state index is 10.0. The van der Waals surface area contributed by atoms with Crippen molar-refractivity contribution < 1.29 is 5.11 Å². The second-order valence-electron chi connectivity index (χ2n) is 9.58. The Morgan fingerprint density at radius 3 is 2.47 bits per heavy atom. The number of aliphatic hydroxyl groups excluding tert-OH is 1. The molecule has 8 heteroatoms. The standard InChI is InChI=1S/C28H37N7O/c1-21(2)25-18-32-35-27(31-17-22-10-7-5-8-11-22)14-26(34-28(25)35)33-24(19-36)13-9-4-3-6-12-23-15-29-20-30-16-23/h5,7-8,10-11,14-16,18,20-21,24,31,36H,3-4,6,9,12-13,17,19H2,1-2H3,(H,33,34)/t24-/m1/s1. The number of unbranched alkanes of at least 4 members (excludes halogenated alkanes) is 3. The lowest BCUT2D eigenvalue weighted by molar-refractivity contribution is 0.266. The molecule has 0 aliphatic heterocycles. The molecular formula is C28H37N7O. The summed E-state index contributed by atoms with van der Waals surface area (Å²) in [5.41, 5.74) is 4.32. The van der Waals surface area contributed by atoms with E-state index in [9.17, 15) is 5.11 Å². The van der Waals surface area contributed by atoms with E-state index in [1.54, 1.807) is 6.33 Å². The van der Waals surface area contributed by atoms with E-state index in [4.69, 9.17) is 4.98 Å². The van der Waals surface area contributed by atoms with E-state index in [2.05, 4.69) is 51.7 Å². The Balaban J connectivity index is 1.37. The number of rotatable bonds is 14. The van der Waals surface area contributed by atoms with Gasteiger partial charge in [-0.25, -0.2) is 15.0 Å². The number of aryl methyl sites for hydroxylation is 1. The average molecular weight is 488 g/mol. The topological polar surface area (TPSA) is 100 Å². The average Bonchev–Trinajstić information content (AvgIpc) is 3.34. The predicted molar refractivity (Wildman–Crippen MR) is 144 cm³/mol. The summed E-state index contributed by atoms with van der Waals surface area (Å²) in [5.74, 6) is 1.94. The van der Waals surface area contributed by atoms with Gasteiger partial charge in [-0.3, -0.25) is 0 Å². The molecule has 0 saturated heterocycles. The summed E-state index contributed by atoms with van der Waals surface area (Å²) in [6, 6.07) is 12.2. The Hall–Kier alpha value is -3.52. The Kier molecular flexibility index (Phi) is 9.21. The van der Waals surface area contributed by atoms with Crippen LogP contribution in [0.15, 0.2) is 61.3 Å². The molecule has 8 nitrogen and oxygen atoms in total. The van der Waals surface area contributed by atoms with Crippen LogP contribution in [-0.2, 0) is 13.0 Å². The lowest BCUT2D eigenvalue weighted by Crippen LogP contribution is -2.24. The van der Waals surface area contributed by atoms with Crippen molar-refractivity contribution in [2.75, 3.05) is 17.2 Å². The van der Waals surface area contributed by atoms with E-state index in [0.717, 1.165) is 61.4 Å². The molecule has 0 bridgehead atoms. The molecule has 4 rings (SSSR count). The highest BCUT2D eigenvalue weighted by molar-refractivity contribution is 5.61. The van der Waals surface area contributed by atoms with Gasteiger partial charge in [0.05, 0.1) is 18.8 Å². The molecule has 0 fully saturated rings. The minimum Gasteiger partial charge on any atom is -0.394 e. The number of anilines is 2. The molecule has 1 atom stereocenters. The summed E-state index contributed by atoms with van der Waals surface area (Å²) in [7, 11) is 0. The second kappa shape index (κ2) is 13.0. The first kappa shape index (κ1) is 25.6. The highest BCUT2D eigenvalue weighted by Gasteiger charge is 2.16. The van der Waals surface area contributed by atoms with Crippen molar-refractivity contribution in [2.24, 2.45) is 0 Å². The van der Waals surface area contributed by atoms with Crippen LogP contribution in [0.5, 0.6) is 0 Å². The van der Waals surface area contributed by atoms with Crippen LogP contribution < -0.4 is 10.6 Å². The Bertz CT molecular complexity index is 1190. The normalized spacial score (nSPS) is 12.2. The van der Waals surface area contributed by atoms with Crippen LogP contribution in [0, 0.1) is 0 Å². The summed E-state index contributed by atoms with van der Waals surface area (Å²) in [6.07, 6.45) is 13.6. The number of hydrogen-bond acceptors (Lipinski definition) is 7. The lowest BCUT2D eigenvalue weighted by Gasteiger charge is -2.18. The maximum Gasteiger partial charge on any atom is 0.163 e. The number of aromatic nitrogens is 5. The van der Waals surface area contributed by atoms with Gasteiger partial charge in [-0.15, -0.1) is 0 Å². The third kappa shape index (κ3) is 7.01. The van der Waals surface area contributed by atoms with Crippen LogP contribution in [0.4, 0.5) is 11.6 Å². The van der Waals surface area contributed by atoms with E-state index < -0.39 is 0 Å². The van der Waals surface area contributed by atoms with Gasteiger partial charge in [-0.2, -0.15) is 9.61 Å². The number of fused-ring (bicyclic) bond motifs is 1. The molecule has 190 valence electrons. The predicted octanol–water partition coefficient (Wildman–Crippen LogP) is 5.22. The van der Waals surface area contributed by atoms with Crippen molar-refractivity contribution in [1.82, 2.24) is 24.6 Å². The van der Waals surface area contributed by atoms with E-state index in [-0.39, 0.29) is 12.6 Å². The number of benzene rings is 1. The molecule has 3 aromatic heterocycles.